The number of ketones is 1. The fourth-order valence-electron chi connectivity index (χ4n) is 3.24. The van der Waals surface area contributed by atoms with Crippen LogP contribution in [0.4, 0.5) is 0 Å². The summed E-state index contributed by atoms with van der Waals surface area (Å²) >= 11 is 0. The van der Waals surface area contributed by atoms with Crippen molar-refractivity contribution in [3.63, 3.8) is 0 Å². The molecule has 0 aromatic heterocycles. The van der Waals surface area contributed by atoms with Gasteiger partial charge in [0.1, 0.15) is 0 Å². The number of carbonyl (C=O) groups excluding carboxylic acids is 1. The quantitative estimate of drug-likeness (QED) is 0.700. The smallest absolute Gasteiger partial charge is 0.165 e. The van der Waals surface area contributed by atoms with Crippen LogP contribution in [0.15, 0.2) is 30.3 Å². The van der Waals surface area contributed by atoms with E-state index in [0.29, 0.717) is 11.7 Å². The summed E-state index contributed by atoms with van der Waals surface area (Å²) in [5, 5.41) is 0. The molecule has 18 heavy (non-hydrogen) atoms. The van der Waals surface area contributed by atoms with Crippen molar-refractivity contribution in [2.24, 2.45) is 17.8 Å². The average Bonchev–Trinajstić information content (AvgIpc) is 2.46. The predicted molar refractivity (Wildman–Crippen MR) is 75.7 cm³/mol. The second-order valence-electron chi connectivity index (χ2n) is 5.72. The first-order valence-corrected chi connectivity index (χ1v) is 7.31. The molecule has 0 spiro atoms. The molecule has 3 unspecified atom stereocenters. The lowest BCUT2D eigenvalue weighted by atomic mass is 9.73. The zero-order valence-electron chi connectivity index (χ0n) is 11.6. The summed E-state index contributed by atoms with van der Waals surface area (Å²) in [6, 6.07) is 9.76. The number of benzene rings is 1. The summed E-state index contributed by atoms with van der Waals surface area (Å²) in [4.78, 5) is 12.4. The standard InChI is InChI=1S/C17H24O/c1-3-14-8-7-11-16(12-14)13(2)17(18)15-9-5-4-6-10-15/h4-6,9-10,13-14,16H,3,7-8,11-12H2,1-2H3. The van der Waals surface area contributed by atoms with E-state index in [9.17, 15) is 4.79 Å². The van der Waals surface area contributed by atoms with Gasteiger partial charge in [-0.3, -0.25) is 4.79 Å². The molecule has 2 rings (SSSR count). The Morgan fingerprint density at radius 1 is 1.28 bits per heavy atom. The number of rotatable bonds is 4. The van der Waals surface area contributed by atoms with Crippen molar-refractivity contribution >= 4 is 5.78 Å². The van der Waals surface area contributed by atoms with Gasteiger partial charge in [0.25, 0.3) is 0 Å². The molecule has 0 radical (unpaired) electrons. The molecule has 1 aromatic carbocycles. The molecule has 1 aromatic rings. The Morgan fingerprint density at radius 2 is 2.00 bits per heavy atom. The average molecular weight is 244 g/mol. The van der Waals surface area contributed by atoms with Crippen LogP contribution >= 0.6 is 0 Å². The number of Topliss-reactive ketones (excluding diaryl/α,β-unsaturated/α-hetero) is 1. The molecule has 3 atom stereocenters. The molecule has 0 N–H and O–H groups in total. The third-order valence-corrected chi connectivity index (χ3v) is 4.58. The monoisotopic (exact) mass is 244 g/mol. The Kier molecular flexibility index (Phi) is 4.57. The van der Waals surface area contributed by atoms with Crippen LogP contribution in [0.2, 0.25) is 0 Å². The van der Waals surface area contributed by atoms with Crippen LogP contribution < -0.4 is 0 Å². The fourth-order valence-corrected chi connectivity index (χ4v) is 3.24. The third kappa shape index (κ3) is 3.01. The van der Waals surface area contributed by atoms with Crippen molar-refractivity contribution in [2.75, 3.05) is 0 Å². The van der Waals surface area contributed by atoms with Gasteiger partial charge in [-0.1, -0.05) is 63.4 Å². The lowest BCUT2D eigenvalue weighted by Gasteiger charge is -2.32. The van der Waals surface area contributed by atoms with Crippen LogP contribution in [0.3, 0.4) is 0 Å². The number of carbonyl (C=O) groups is 1. The Bertz CT molecular complexity index is 382. The molecule has 0 aliphatic heterocycles. The molecule has 1 aliphatic rings. The largest absolute Gasteiger partial charge is 0.294 e. The summed E-state index contributed by atoms with van der Waals surface area (Å²) < 4.78 is 0. The van der Waals surface area contributed by atoms with Gasteiger partial charge in [0, 0.05) is 11.5 Å². The molecule has 1 fully saturated rings. The maximum atomic E-state index is 12.4. The van der Waals surface area contributed by atoms with Crippen LogP contribution in [0.25, 0.3) is 0 Å². The molecule has 1 nitrogen and oxygen atoms in total. The lowest BCUT2D eigenvalue weighted by molar-refractivity contribution is 0.0841. The van der Waals surface area contributed by atoms with Crippen LogP contribution in [0, 0.1) is 17.8 Å². The highest BCUT2D eigenvalue weighted by Crippen LogP contribution is 2.36. The van der Waals surface area contributed by atoms with Gasteiger partial charge in [0.2, 0.25) is 0 Å². The van der Waals surface area contributed by atoms with E-state index >= 15 is 0 Å². The van der Waals surface area contributed by atoms with Gasteiger partial charge in [0.05, 0.1) is 0 Å². The normalized spacial score (nSPS) is 25.7. The second-order valence-corrected chi connectivity index (χ2v) is 5.72. The van der Waals surface area contributed by atoms with Crippen molar-refractivity contribution in [2.45, 2.75) is 46.0 Å². The summed E-state index contributed by atoms with van der Waals surface area (Å²) in [5.41, 5.74) is 0.878. The summed E-state index contributed by atoms with van der Waals surface area (Å²) in [5.74, 6) is 1.95. The summed E-state index contributed by atoms with van der Waals surface area (Å²) in [6.45, 7) is 4.40. The van der Waals surface area contributed by atoms with E-state index < -0.39 is 0 Å². The Balaban J connectivity index is 2.02. The highest BCUT2D eigenvalue weighted by atomic mass is 16.1. The van der Waals surface area contributed by atoms with Crippen LogP contribution in [-0.2, 0) is 0 Å². The minimum atomic E-state index is 0.182. The van der Waals surface area contributed by atoms with E-state index in [-0.39, 0.29) is 5.92 Å². The topological polar surface area (TPSA) is 17.1 Å². The van der Waals surface area contributed by atoms with Crippen LogP contribution in [0.5, 0.6) is 0 Å². The predicted octanol–water partition coefficient (Wildman–Crippen LogP) is 4.72. The highest BCUT2D eigenvalue weighted by Gasteiger charge is 2.29. The Morgan fingerprint density at radius 3 is 2.67 bits per heavy atom. The summed E-state index contributed by atoms with van der Waals surface area (Å²) in [7, 11) is 0. The maximum absolute atomic E-state index is 12.4. The lowest BCUT2D eigenvalue weighted by Crippen LogP contribution is -2.26. The number of hydrogen-bond donors (Lipinski definition) is 0. The minimum Gasteiger partial charge on any atom is -0.294 e. The molecular formula is C17H24O. The molecule has 0 heterocycles. The van der Waals surface area contributed by atoms with Crippen molar-refractivity contribution < 1.29 is 4.79 Å². The second kappa shape index (κ2) is 6.17. The molecule has 1 aliphatic carbocycles. The van der Waals surface area contributed by atoms with E-state index in [1.54, 1.807) is 0 Å². The van der Waals surface area contributed by atoms with Gasteiger partial charge in [-0.2, -0.15) is 0 Å². The van der Waals surface area contributed by atoms with Crippen LogP contribution in [0.1, 0.15) is 56.3 Å². The van der Waals surface area contributed by atoms with Crippen molar-refractivity contribution in [3.05, 3.63) is 35.9 Å². The molecule has 0 bridgehead atoms. The number of hydrogen-bond acceptors (Lipinski definition) is 1. The fraction of sp³-hybridized carbons (Fsp3) is 0.588. The summed E-state index contributed by atoms with van der Waals surface area (Å²) in [6.07, 6.45) is 6.41. The molecule has 0 saturated heterocycles. The molecule has 1 heteroatoms. The van der Waals surface area contributed by atoms with Crippen LogP contribution in [-0.4, -0.2) is 5.78 Å². The first-order valence-electron chi connectivity index (χ1n) is 7.31. The van der Waals surface area contributed by atoms with Gasteiger partial charge in [-0.05, 0) is 24.7 Å². The van der Waals surface area contributed by atoms with E-state index in [2.05, 4.69) is 13.8 Å². The van der Waals surface area contributed by atoms with Gasteiger partial charge in [-0.15, -0.1) is 0 Å². The SMILES string of the molecule is CCC1CCCC(C(C)C(=O)c2ccccc2)C1. The van der Waals surface area contributed by atoms with Gasteiger partial charge < -0.3 is 0 Å². The van der Waals surface area contributed by atoms with Gasteiger partial charge >= 0.3 is 0 Å². The maximum Gasteiger partial charge on any atom is 0.165 e. The van der Waals surface area contributed by atoms with Crippen molar-refractivity contribution in [1.82, 2.24) is 0 Å². The van der Waals surface area contributed by atoms with E-state index in [1.807, 2.05) is 30.3 Å². The third-order valence-electron chi connectivity index (χ3n) is 4.58. The van der Waals surface area contributed by atoms with E-state index in [1.165, 1.54) is 32.1 Å². The van der Waals surface area contributed by atoms with E-state index in [0.717, 1.165) is 11.5 Å². The zero-order chi connectivity index (χ0) is 13.0. The highest BCUT2D eigenvalue weighted by molar-refractivity contribution is 5.97. The molecule has 1 saturated carbocycles. The first-order chi connectivity index (χ1) is 8.72. The Labute approximate surface area is 111 Å². The minimum absolute atomic E-state index is 0.182. The Hall–Kier alpha value is -1.11. The van der Waals surface area contributed by atoms with Crippen molar-refractivity contribution in [3.8, 4) is 0 Å². The van der Waals surface area contributed by atoms with E-state index in [4.69, 9.17) is 0 Å². The molecule has 0 amide bonds. The van der Waals surface area contributed by atoms with Gasteiger partial charge in [0.15, 0.2) is 5.78 Å². The molecule has 98 valence electrons. The zero-order valence-corrected chi connectivity index (χ0v) is 11.6. The molecular weight excluding hydrogens is 220 g/mol. The first kappa shape index (κ1) is 13.3. The van der Waals surface area contributed by atoms with Gasteiger partial charge in [-0.25, -0.2) is 0 Å². The van der Waals surface area contributed by atoms with Crippen molar-refractivity contribution in [1.29, 1.82) is 0 Å².